The number of carbonyl (C=O) groups is 2. The summed E-state index contributed by atoms with van der Waals surface area (Å²) < 4.78 is 1.90. The van der Waals surface area contributed by atoms with E-state index in [0.29, 0.717) is 29.6 Å². The van der Waals surface area contributed by atoms with Crippen LogP contribution in [-0.2, 0) is 24.3 Å². The lowest BCUT2D eigenvalue weighted by Gasteiger charge is -2.28. The summed E-state index contributed by atoms with van der Waals surface area (Å²) in [6.07, 6.45) is 2.63. The van der Waals surface area contributed by atoms with Gasteiger partial charge in [-0.15, -0.1) is 16.8 Å². The van der Waals surface area contributed by atoms with Crippen molar-refractivity contribution in [3.8, 4) is 0 Å². The van der Waals surface area contributed by atoms with Crippen LogP contribution >= 0.6 is 11.8 Å². The molecular formula is C25H27N5O2S. The molecular weight excluding hydrogens is 434 g/mol. The predicted octanol–water partition coefficient (Wildman–Crippen LogP) is 3.63. The zero-order valence-corrected chi connectivity index (χ0v) is 19.4. The molecule has 4 rings (SSSR count). The van der Waals surface area contributed by atoms with E-state index in [9.17, 15) is 9.59 Å². The van der Waals surface area contributed by atoms with E-state index >= 15 is 0 Å². The summed E-state index contributed by atoms with van der Waals surface area (Å²) in [6.45, 7) is 7.55. The number of benzene rings is 2. The zero-order chi connectivity index (χ0) is 23.2. The van der Waals surface area contributed by atoms with Gasteiger partial charge in [-0.1, -0.05) is 60.3 Å². The van der Waals surface area contributed by atoms with Crippen molar-refractivity contribution in [2.75, 3.05) is 12.3 Å². The van der Waals surface area contributed by atoms with Crippen molar-refractivity contribution in [1.82, 2.24) is 25.0 Å². The van der Waals surface area contributed by atoms with Gasteiger partial charge in [-0.3, -0.25) is 9.59 Å². The van der Waals surface area contributed by atoms with Crippen molar-refractivity contribution in [2.45, 2.75) is 37.6 Å². The maximum absolute atomic E-state index is 12.9. The van der Waals surface area contributed by atoms with Crippen molar-refractivity contribution in [3.63, 3.8) is 0 Å². The topological polar surface area (TPSA) is 80.1 Å². The molecule has 1 atom stereocenters. The highest BCUT2D eigenvalue weighted by Crippen LogP contribution is 2.23. The molecule has 7 nitrogen and oxygen atoms in total. The monoisotopic (exact) mass is 461 g/mol. The van der Waals surface area contributed by atoms with Crippen LogP contribution in [0.2, 0.25) is 0 Å². The number of nitrogens with one attached hydrogen (secondary N) is 1. The predicted molar refractivity (Wildman–Crippen MR) is 129 cm³/mol. The number of hydrogen-bond donors (Lipinski definition) is 1. The first kappa shape index (κ1) is 22.8. The molecule has 0 aliphatic carbocycles. The number of rotatable bonds is 8. The lowest BCUT2D eigenvalue weighted by Crippen LogP contribution is -2.37. The summed E-state index contributed by atoms with van der Waals surface area (Å²) in [7, 11) is 0. The SMILES string of the molecule is C=CCn1c(SCC(=O)N2CCc3ccccc3C2)nnc1[C@@H](C)NC(=O)c1ccccc1. The molecule has 2 amide bonds. The standard InChI is InChI=1S/C25H27N5O2S/c1-3-14-30-23(18(2)26-24(32)20-10-5-4-6-11-20)27-28-25(30)33-17-22(31)29-15-13-19-9-7-8-12-21(19)16-29/h3-12,18H,1,13-17H2,2H3,(H,26,32)/t18-/m1/s1. The fourth-order valence-corrected chi connectivity index (χ4v) is 4.75. The van der Waals surface area contributed by atoms with Crippen molar-refractivity contribution in [2.24, 2.45) is 0 Å². The van der Waals surface area contributed by atoms with Gasteiger partial charge in [-0.25, -0.2) is 0 Å². The molecule has 0 unspecified atom stereocenters. The Morgan fingerprint density at radius 3 is 2.61 bits per heavy atom. The molecule has 3 aromatic rings. The van der Waals surface area contributed by atoms with Gasteiger partial charge in [0.2, 0.25) is 5.91 Å². The molecule has 1 aliphatic heterocycles. The summed E-state index contributed by atoms with van der Waals surface area (Å²) in [5.41, 5.74) is 3.11. The van der Waals surface area contributed by atoms with E-state index in [0.717, 1.165) is 13.0 Å². The Morgan fingerprint density at radius 1 is 1.12 bits per heavy atom. The maximum atomic E-state index is 12.9. The van der Waals surface area contributed by atoms with Crippen LogP contribution in [0, 0.1) is 0 Å². The Balaban J connectivity index is 1.40. The van der Waals surface area contributed by atoms with Gasteiger partial charge in [0, 0.05) is 25.2 Å². The molecule has 0 radical (unpaired) electrons. The Morgan fingerprint density at radius 2 is 1.85 bits per heavy atom. The Hall–Kier alpha value is -3.39. The molecule has 1 aliphatic rings. The smallest absolute Gasteiger partial charge is 0.251 e. The Kier molecular flexibility index (Phi) is 7.24. The summed E-state index contributed by atoms with van der Waals surface area (Å²) >= 11 is 1.36. The van der Waals surface area contributed by atoms with Crippen LogP contribution < -0.4 is 5.32 Å². The second-order valence-electron chi connectivity index (χ2n) is 7.92. The average molecular weight is 462 g/mol. The maximum Gasteiger partial charge on any atom is 0.251 e. The lowest BCUT2D eigenvalue weighted by atomic mass is 10.00. The third-order valence-electron chi connectivity index (χ3n) is 5.64. The van der Waals surface area contributed by atoms with E-state index < -0.39 is 0 Å². The van der Waals surface area contributed by atoms with Gasteiger partial charge in [-0.05, 0) is 36.6 Å². The van der Waals surface area contributed by atoms with Crippen LogP contribution in [0.15, 0.2) is 72.4 Å². The fraction of sp³-hybridized carbons (Fsp3) is 0.280. The third kappa shape index (κ3) is 5.34. The largest absolute Gasteiger partial charge is 0.342 e. The van der Waals surface area contributed by atoms with Gasteiger partial charge >= 0.3 is 0 Å². The molecule has 170 valence electrons. The summed E-state index contributed by atoms with van der Waals surface area (Å²) in [5, 5.41) is 12.2. The number of hydrogen-bond acceptors (Lipinski definition) is 5. The Bertz CT molecular complexity index is 1140. The molecule has 8 heteroatoms. The van der Waals surface area contributed by atoms with Gasteiger partial charge in [0.1, 0.15) is 0 Å². The number of nitrogens with zero attached hydrogens (tertiary/aromatic N) is 4. The number of carbonyl (C=O) groups excluding carboxylic acids is 2. The second kappa shape index (κ2) is 10.5. The second-order valence-corrected chi connectivity index (χ2v) is 8.87. The summed E-state index contributed by atoms with van der Waals surface area (Å²) in [6, 6.07) is 17.0. The van der Waals surface area contributed by atoms with Crippen molar-refractivity contribution >= 4 is 23.6 Å². The molecule has 33 heavy (non-hydrogen) atoms. The van der Waals surface area contributed by atoms with Crippen LogP contribution in [0.1, 0.15) is 40.3 Å². The van der Waals surface area contributed by atoms with E-state index in [1.165, 1.54) is 22.9 Å². The summed E-state index contributed by atoms with van der Waals surface area (Å²) in [5.74, 6) is 0.809. The van der Waals surface area contributed by atoms with Crippen LogP contribution in [0.5, 0.6) is 0 Å². The van der Waals surface area contributed by atoms with Gasteiger partial charge in [-0.2, -0.15) is 0 Å². The highest BCUT2D eigenvalue weighted by Gasteiger charge is 2.23. The van der Waals surface area contributed by atoms with Crippen molar-refractivity contribution in [1.29, 1.82) is 0 Å². The van der Waals surface area contributed by atoms with E-state index in [1.807, 2.05) is 46.7 Å². The van der Waals surface area contributed by atoms with Crippen molar-refractivity contribution < 1.29 is 9.59 Å². The van der Waals surface area contributed by atoms with E-state index in [1.54, 1.807) is 18.2 Å². The molecule has 0 fully saturated rings. The van der Waals surface area contributed by atoms with E-state index in [4.69, 9.17) is 0 Å². The fourth-order valence-electron chi connectivity index (χ4n) is 3.89. The van der Waals surface area contributed by atoms with Crippen LogP contribution in [-0.4, -0.2) is 43.8 Å². The minimum absolute atomic E-state index is 0.0784. The lowest BCUT2D eigenvalue weighted by molar-refractivity contribution is -0.129. The van der Waals surface area contributed by atoms with Gasteiger partial charge in [0.05, 0.1) is 11.8 Å². The molecule has 0 bridgehead atoms. The summed E-state index contributed by atoms with van der Waals surface area (Å²) in [4.78, 5) is 27.3. The number of thioether (sulfide) groups is 1. The molecule has 2 aromatic carbocycles. The van der Waals surface area contributed by atoms with Crippen LogP contribution in [0.4, 0.5) is 0 Å². The average Bonchev–Trinajstić information content (AvgIpc) is 3.25. The third-order valence-corrected chi connectivity index (χ3v) is 6.59. The van der Waals surface area contributed by atoms with Crippen molar-refractivity contribution in [3.05, 3.63) is 89.8 Å². The highest BCUT2D eigenvalue weighted by atomic mass is 32.2. The molecule has 0 spiro atoms. The number of fused-ring (bicyclic) bond motifs is 1. The number of allylic oxidation sites excluding steroid dienone is 1. The highest BCUT2D eigenvalue weighted by molar-refractivity contribution is 7.99. The van der Waals surface area contributed by atoms with Gasteiger partial charge in [0.15, 0.2) is 11.0 Å². The van der Waals surface area contributed by atoms with Crippen LogP contribution in [0.25, 0.3) is 0 Å². The van der Waals surface area contributed by atoms with Gasteiger partial charge < -0.3 is 14.8 Å². The minimum atomic E-state index is -0.353. The molecule has 1 aromatic heterocycles. The van der Waals surface area contributed by atoms with E-state index in [-0.39, 0.29) is 23.6 Å². The molecule has 0 saturated heterocycles. The molecule has 0 saturated carbocycles. The van der Waals surface area contributed by atoms with Gasteiger partial charge in [0.25, 0.3) is 5.91 Å². The number of aromatic nitrogens is 3. The normalized spacial score (nSPS) is 13.8. The Labute approximate surface area is 197 Å². The minimum Gasteiger partial charge on any atom is -0.342 e. The first-order chi connectivity index (χ1) is 16.1. The van der Waals surface area contributed by atoms with E-state index in [2.05, 4.69) is 34.2 Å². The molecule has 1 N–H and O–H groups in total. The molecule has 2 heterocycles. The number of amides is 2. The zero-order valence-electron chi connectivity index (χ0n) is 18.6. The van der Waals surface area contributed by atoms with Crippen LogP contribution in [0.3, 0.4) is 0 Å². The first-order valence-electron chi connectivity index (χ1n) is 10.9. The quantitative estimate of drug-likeness (QED) is 0.409. The first-order valence-corrected chi connectivity index (χ1v) is 11.9.